The molecule has 1 fully saturated rings. The lowest BCUT2D eigenvalue weighted by molar-refractivity contribution is -0.149. The molecule has 86 valence electrons. The normalized spacial score (nSPS) is 18.3. The van der Waals surface area contributed by atoms with Gasteiger partial charge in [0.15, 0.2) is 0 Å². The minimum atomic E-state index is -1.12. The zero-order valence-corrected chi connectivity index (χ0v) is 9.59. The van der Waals surface area contributed by atoms with Gasteiger partial charge in [-0.15, -0.1) is 0 Å². The van der Waals surface area contributed by atoms with Gasteiger partial charge in [-0.1, -0.05) is 13.8 Å². The second-order valence-corrected chi connectivity index (χ2v) is 4.61. The van der Waals surface area contributed by atoms with Crippen molar-refractivity contribution < 1.29 is 14.7 Å². The standard InChI is InChI=1S/C11H19NO3/c1-4-10(3,5-2)12-8(13)11(6-7-11)9(14)15/h4-7H2,1-3H3,(H,12,13)(H,14,15). The van der Waals surface area contributed by atoms with Crippen LogP contribution in [-0.4, -0.2) is 22.5 Å². The van der Waals surface area contributed by atoms with Gasteiger partial charge in [0.25, 0.3) is 0 Å². The maximum absolute atomic E-state index is 11.8. The van der Waals surface area contributed by atoms with E-state index >= 15 is 0 Å². The number of hydrogen-bond donors (Lipinski definition) is 2. The summed E-state index contributed by atoms with van der Waals surface area (Å²) in [6, 6.07) is 0. The third kappa shape index (κ3) is 2.13. The number of rotatable bonds is 5. The molecule has 0 bridgehead atoms. The van der Waals surface area contributed by atoms with Gasteiger partial charge in [-0.3, -0.25) is 9.59 Å². The number of aliphatic carboxylic acids is 1. The fourth-order valence-corrected chi connectivity index (χ4v) is 1.48. The molecule has 1 aliphatic rings. The highest BCUT2D eigenvalue weighted by atomic mass is 16.4. The molecule has 0 spiro atoms. The second kappa shape index (κ2) is 3.83. The quantitative estimate of drug-likeness (QED) is 0.681. The van der Waals surface area contributed by atoms with Crippen molar-refractivity contribution in [3.63, 3.8) is 0 Å². The smallest absolute Gasteiger partial charge is 0.319 e. The molecule has 0 aliphatic heterocycles. The summed E-state index contributed by atoms with van der Waals surface area (Å²) in [5.41, 5.74) is -1.40. The summed E-state index contributed by atoms with van der Waals surface area (Å²) in [5.74, 6) is -1.31. The van der Waals surface area contributed by atoms with Gasteiger partial charge in [-0.05, 0) is 32.6 Å². The Labute approximate surface area is 90.0 Å². The molecule has 1 rings (SSSR count). The van der Waals surface area contributed by atoms with Gasteiger partial charge in [0, 0.05) is 5.54 Å². The highest BCUT2D eigenvalue weighted by Crippen LogP contribution is 2.46. The predicted octanol–water partition coefficient (Wildman–Crippen LogP) is 1.55. The molecule has 2 N–H and O–H groups in total. The SMILES string of the molecule is CCC(C)(CC)NC(=O)C1(C(=O)O)CC1. The highest BCUT2D eigenvalue weighted by molar-refractivity contribution is 6.05. The van der Waals surface area contributed by atoms with E-state index in [1.165, 1.54) is 0 Å². The van der Waals surface area contributed by atoms with Gasteiger partial charge < -0.3 is 10.4 Å². The average molecular weight is 213 g/mol. The zero-order chi connectivity index (χ0) is 11.7. The predicted molar refractivity (Wildman–Crippen MR) is 56.4 cm³/mol. The van der Waals surface area contributed by atoms with E-state index in [0.29, 0.717) is 12.8 Å². The van der Waals surface area contributed by atoms with E-state index in [0.717, 1.165) is 12.8 Å². The number of hydrogen-bond acceptors (Lipinski definition) is 2. The summed E-state index contributed by atoms with van der Waals surface area (Å²) in [7, 11) is 0. The third-order valence-electron chi connectivity index (χ3n) is 3.57. The lowest BCUT2D eigenvalue weighted by Gasteiger charge is -2.29. The van der Waals surface area contributed by atoms with Crippen LogP contribution in [0.1, 0.15) is 46.5 Å². The van der Waals surface area contributed by atoms with Gasteiger partial charge in [-0.2, -0.15) is 0 Å². The van der Waals surface area contributed by atoms with Crippen LogP contribution in [0.15, 0.2) is 0 Å². The molecular weight excluding hydrogens is 194 g/mol. The minimum absolute atomic E-state index is 0.276. The van der Waals surface area contributed by atoms with Crippen LogP contribution >= 0.6 is 0 Å². The van der Waals surface area contributed by atoms with Crippen molar-refractivity contribution in [3.05, 3.63) is 0 Å². The first-order valence-corrected chi connectivity index (χ1v) is 5.46. The number of nitrogens with one attached hydrogen (secondary N) is 1. The number of carboxylic acids is 1. The van der Waals surface area contributed by atoms with Crippen molar-refractivity contribution in [3.8, 4) is 0 Å². The molecule has 0 heterocycles. The minimum Gasteiger partial charge on any atom is -0.480 e. The Hall–Kier alpha value is -1.06. The first-order valence-electron chi connectivity index (χ1n) is 5.46. The molecular formula is C11H19NO3. The Kier molecular flexibility index (Phi) is 3.07. The topological polar surface area (TPSA) is 66.4 Å². The van der Waals surface area contributed by atoms with E-state index in [1.54, 1.807) is 0 Å². The molecule has 15 heavy (non-hydrogen) atoms. The zero-order valence-electron chi connectivity index (χ0n) is 9.59. The Balaban J connectivity index is 2.67. The number of carbonyl (C=O) groups excluding carboxylic acids is 1. The molecule has 4 heteroatoms. The first-order chi connectivity index (χ1) is 6.90. The second-order valence-electron chi connectivity index (χ2n) is 4.61. The molecule has 4 nitrogen and oxygen atoms in total. The van der Waals surface area contributed by atoms with Crippen molar-refractivity contribution in [2.45, 2.75) is 52.0 Å². The summed E-state index contributed by atoms with van der Waals surface area (Å²) in [6.07, 6.45) is 2.56. The molecule has 0 saturated heterocycles. The lowest BCUT2D eigenvalue weighted by atomic mass is 9.93. The molecule has 0 radical (unpaired) electrons. The maximum Gasteiger partial charge on any atom is 0.319 e. The molecule has 0 atom stereocenters. The fourth-order valence-electron chi connectivity index (χ4n) is 1.48. The van der Waals surface area contributed by atoms with Crippen LogP contribution < -0.4 is 5.32 Å². The van der Waals surface area contributed by atoms with E-state index in [1.807, 2.05) is 20.8 Å². The molecule has 0 aromatic heterocycles. The van der Waals surface area contributed by atoms with E-state index in [-0.39, 0.29) is 11.4 Å². The first kappa shape index (κ1) is 12.0. The summed E-state index contributed by atoms with van der Waals surface area (Å²) in [4.78, 5) is 22.7. The summed E-state index contributed by atoms with van der Waals surface area (Å²) in [6.45, 7) is 5.93. The fraction of sp³-hybridized carbons (Fsp3) is 0.818. The van der Waals surface area contributed by atoms with E-state index < -0.39 is 11.4 Å². The van der Waals surface area contributed by atoms with Gasteiger partial charge in [0.2, 0.25) is 5.91 Å². The summed E-state index contributed by atoms with van der Waals surface area (Å²) >= 11 is 0. The molecule has 1 amide bonds. The molecule has 0 aromatic rings. The van der Waals surface area contributed by atoms with Crippen LogP contribution in [0.3, 0.4) is 0 Å². The van der Waals surface area contributed by atoms with Crippen LogP contribution in [0.4, 0.5) is 0 Å². The monoisotopic (exact) mass is 213 g/mol. The van der Waals surface area contributed by atoms with Gasteiger partial charge >= 0.3 is 5.97 Å². The Morgan fingerprint density at radius 3 is 2.07 bits per heavy atom. The Morgan fingerprint density at radius 1 is 1.33 bits per heavy atom. The number of carbonyl (C=O) groups is 2. The van der Waals surface area contributed by atoms with Crippen LogP contribution in [0.2, 0.25) is 0 Å². The maximum atomic E-state index is 11.8. The van der Waals surface area contributed by atoms with E-state index in [2.05, 4.69) is 5.32 Å². The van der Waals surface area contributed by atoms with Crippen LogP contribution in [-0.2, 0) is 9.59 Å². The van der Waals surface area contributed by atoms with Crippen LogP contribution in [0.25, 0.3) is 0 Å². The average Bonchev–Trinajstić information content (AvgIpc) is 2.98. The molecule has 1 saturated carbocycles. The highest BCUT2D eigenvalue weighted by Gasteiger charge is 2.57. The van der Waals surface area contributed by atoms with Crippen molar-refractivity contribution >= 4 is 11.9 Å². The molecule has 0 unspecified atom stereocenters. The van der Waals surface area contributed by atoms with Crippen molar-refractivity contribution in [1.82, 2.24) is 5.32 Å². The summed E-state index contributed by atoms with van der Waals surface area (Å²) < 4.78 is 0. The summed E-state index contributed by atoms with van der Waals surface area (Å²) in [5, 5.41) is 11.8. The Bertz CT molecular complexity index is 278. The molecule has 0 aromatic carbocycles. The van der Waals surface area contributed by atoms with Gasteiger partial charge in [-0.25, -0.2) is 0 Å². The van der Waals surface area contributed by atoms with Crippen molar-refractivity contribution in [2.24, 2.45) is 5.41 Å². The largest absolute Gasteiger partial charge is 0.480 e. The molecule has 1 aliphatic carbocycles. The Morgan fingerprint density at radius 2 is 1.80 bits per heavy atom. The van der Waals surface area contributed by atoms with Gasteiger partial charge in [0.1, 0.15) is 5.41 Å². The van der Waals surface area contributed by atoms with E-state index in [4.69, 9.17) is 5.11 Å². The van der Waals surface area contributed by atoms with Crippen molar-refractivity contribution in [1.29, 1.82) is 0 Å². The number of carboxylic acid groups (broad SMARTS) is 1. The third-order valence-corrected chi connectivity index (χ3v) is 3.57. The lowest BCUT2D eigenvalue weighted by Crippen LogP contribution is -2.49. The van der Waals surface area contributed by atoms with Crippen LogP contribution in [0.5, 0.6) is 0 Å². The number of amides is 1. The van der Waals surface area contributed by atoms with Crippen LogP contribution in [0, 0.1) is 5.41 Å². The van der Waals surface area contributed by atoms with E-state index in [9.17, 15) is 9.59 Å². The van der Waals surface area contributed by atoms with Gasteiger partial charge in [0.05, 0.1) is 0 Å². The van der Waals surface area contributed by atoms with Crippen molar-refractivity contribution in [2.75, 3.05) is 0 Å².